The third-order valence-corrected chi connectivity index (χ3v) is 3.95. The molecule has 1 aromatic rings. The third-order valence-electron chi connectivity index (χ3n) is 3.95. The lowest BCUT2D eigenvalue weighted by molar-refractivity contribution is -0.121. The maximum Gasteiger partial charge on any atom is 0.221 e. The van der Waals surface area contributed by atoms with Gasteiger partial charge in [0.1, 0.15) is 5.82 Å². The van der Waals surface area contributed by atoms with Crippen molar-refractivity contribution < 1.29 is 9.18 Å². The predicted molar refractivity (Wildman–Crippen MR) is 78.0 cm³/mol. The molecule has 0 bridgehead atoms. The molecule has 0 radical (unpaired) electrons. The van der Waals surface area contributed by atoms with Gasteiger partial charge in [0, 0.05) is 25.0 Å². The fourth-order valence-electron chi connectivity index (χ4n) is 2.61. The largest absolute Gasteiger partial charge is 0.354 e. The quantitative estimate of drug-likeness (QED) is 0.840. The second-order valence-electron chi connectivity index (χ2n) is 5.52. The van der Waals surface area contributed by atoms with Crippen molar-refractivity contribution in [1.29, 1.82) is 0 Å². The van der Waals surface area contributed by atoms with E-state index in [9.17, 15) is 9.18 Å². The first kappa shape index (κ1) is 15.0. The van der Waals surface area contributed by atoms with Crippen LogP contribution in [0.4, 0.5) is 4.39 Å². The van der Waals surface area contributed by atoms with Gasteiger partial charge in [0.25, 0.3) is 0 Å². The van der Waals surface area contributed by atoms with Crippen LogP contribution in [0.1, 0.15) is 50.3 Å². The molecule has 20 heavy (non-hydrogen) atoms. The van der Waals surface area contributed by atoms with Crippen molar-refractivity contribution in [3.63, 3.8) is 0 Å². The van der Waals surface area contributed by atoms with Gasteiger partial charge in [-0.1, -0.05) is 13.0 Å². The lowest BCUT2D eigenvalue weighted by Gasteiger charge is -2.15. The Labute approximate surface area is 120 Å². The third kappa shape index (κ3) is 3.79. The maximum atomic E-state index is 13.1. The predicted octanol–water partition coefficient (Wildman–Crippen LogP) is 2.71. The van der Waals surface area contributed by atoms with E-state index in [1.54, 1.807) is 6.07 Å². The molecule has 2 rings (SSSR count). The molecule has 1 amide bonds. The summed E-state index contributed by atoms with van der Waals surface area (Å²) in [5.74, 6) is -0.0819. The Bertz CT molecular complexity index is 476. The zero-order valence-electron chi connectivity index (χ0n) is 12.2. The number of rotatable bonds is 6. The van der Waals surface area contributed by atoms with Gasteiger partial charge in [0.2, 0.25) is 5.91 Å². The molecule has 4 heteroatoms. The minimum atomic E-state index is -0.169. The van der Waals surface area contributed by atoms with E-state index in [0.29, 0.717) is 13.0 Å². The smallest absolute Gasteiger partial charge is 0.221 e. The van der Waals surface area contributed by atoms with Crippen molar-refractivity contribution in [2.75, 3.05) is 6.54 Å². The summed E-state index contributed by atoms with van der Waals surface area (Å²) in [4.78, 5) is 11.7. The molecule has 0 saturated heterocycles. The monoisotopic (exact) mass is 278 g/mol. The maximum absolute atomic E-state index is 13.1. The highest BCUT2D eigenvalue weighted by Crippen LogP contribution is 2.31. The van der Waals surface area contributed by atoms with Gasteiger partial charge in [-0.05, 0) is 49.4 Å². The lowest BCUT2D eigenvalue weighted by Crippen LogP contribution is -2.34. The summed E-state index contributed by atoms with van der Waals surface area (Å²) in [6, 6.07) is 5.47. The van der Waals surface area contributed by atoms with E-state index in [-0.39, 0.29) is 23.8 Å². The molecule has 1 aliphatic carbocycles. The second-order valence-corrected chi connectivity index (χ2v) is 5.52. The number of fused-ring (bicyclic) bond motifs is 1. The number of carbonyl (C=O) groups excluding carboxylic acids is 1. The summed E-state index contributed by atoms with van der Waals surface area (Å²) in [5, 5.41) is 6.35. The van der Waals surface area contributed by atoms with Crippen LogP contribution in [-0.4, -0.2) is 18.5 Å². The highest BCUT2D eigenvalue weighted by atomic mass is 19.1. The van der Waals surface area contributed by atoms with Gasteiger partial charge in [0.15, 0.2) is 0 Å². The number of halogens is 1. The van der Waals surface area contributed by atoms with Crippen molar-refractivity contribution in [1.82, 2.24) is 10.6 Å². The Hall–Kier alpha value is -1.42. The van der Waals surface area contributed by atoms with E-state index >= 15 is 0 Å². The molecule has 110 valence electrons. The van der Waals surface area contributed by atoms with Gasteiger partial charge < -0.3 is 10.6 Å². The fraction of sp³-hybridized carbons (Fsp3) is 0.562. The molecule has 0 aliphatic heterocycles. The molecule has 2 N–H and O–H groups in total. The molecule has 0 heterocycles. The summed E-state index contributed by atoms with van der Waals surface area (Å²) >= 11 is 0. The molecular weight excluding hydrogens is 255 g/mol. The fourth-order valence-corrected chi connectivity index (χ4v) is 2.61. The summed E-state index contributed by atoms with van der Waals surface area (Å²) in [6.45, 7) is 4.72. The molecule has 1 aromatic carbocycles. The van der Waals surface area contributed by atoms with Crippen molar-refractivity contribution in [2.45, 2.75) is 51.6 Å². The highest BCUT2D eigenvalue weighted by Gasteiger charge is 2.22. The number of carbonyl (C=O) groups is 1. The van der Waals surface area contributed by atoms with Gasteiger partial charge in [-0.3, -0.25) is 4.79 Å². The minimum Gasteiger partial charge on any atom is -0.354 e. The van der Waals surface area contributed by atoms with Crippen molar-refractivity contribution in [2.24, 2.45) is 0 Å². The number of hydrogen-bond acceptors (Lipinski definition) is 2. The zero-order valence-corrected chi connectivity index (χ0v) is 12.2. The molecule has 1 aliphatic rings. The Morgan fingerprint density at radius 2 is 2.30 bits per heavy atom. The molecule has 2 atom stereocenters. The van der Waals surface area contributed by atoms with E-state index in [2.05, 4.69) is 17.6 Å². The van der Waals surface area contributed by atoms with Crippen molar-refractivity contribution in [3.05, 3.63) is 35.1 Å². The average molecular weight is 278 g/mol. The van der Waals surface area contributed by atoms with E-state index in [0.717, 1.165) is 24.8 Å². The summed E-state index contributed by atoms with van der Waals surface area (Å²) in [6.07, 6.45) is 3.31. The first-order valence-corrected chi connectivity index (χ1v) is 7.41. The van der Waals surface area contributed by atoms with E-state index in [1.165, 1.54) is 11.6 Å². The molecule has 0 spiro atoms. The standard InChI is InChI=1S/C16H23FN2O/c1-3-11(2)19-16(20)8-9-18-15-7-4-12-10-13(17)5-6-14(12)15/h5-6,10-11,15,18H,3-4,7-9H2,1-2H3,(H,19,20). The van der Waals surface area contributed by atoms with Crippen LogP contribution in [0.3, 0.4) is 0 Å². The van der Waals surface area contributed by atoms with Crippen LogP contribution >= 0.6 is 0 Å². The molecule has 0 aromatic heterocycles. The van der Waals surface area contributed by atoms with Crippen LogP contribution in [0.25, 0.3) is 0 Å². The van der Waals surface area contributed by atoms with E-state index < -0.39 is 0 Å². The first-order chi connectivity index (χ1) is 9.60. The number of aryl methyl sites for hydroxylation is 1. The summed E-state index contributed by atoms with van der Waals surface area (Å²) in [7, 11) is 0. The normalized spacial score (nSPS) is 18.6. The molecular formula is C16H23FN2O. The lowest BCUT2D eigenvalue weighted by atomic mass is 10.1. The average Bonchev–Trinajstić information content (AvgIpc) is 2.81. The molecule has 0 fully saturated rings. The van der Waals surface area contributed by atoms with Crippen molar-refractivity contribution in [3.8, 4) is 0 Å². The Kier molecular flexibility index (Phi) is 5.12. The Morgan fingerprint density at radius 1 is 1.50 bits per heavy atom. The van der Waals surface area contributed by atoms with Crippen LogP contribution < -0.4 is 10.6 Å². The van der Waals surface area contributed by atoms with Gasteiger partial charge >= 0.3 is 0 Å². The molecule has 0 saturated carbocycles. The number of hydrogen-bond donors (Lipinski definition) is 2. The van der Waals surface area contributed by atoms with Gasteiger partial charge in [-0.25, -0.2) is 4.39 Å². The first-order valence-electron chi connectivity index (χ1n) is 7.41. The van der Waals surface area contributed by atoms with Crippen molar-refractivity contribution >= 4 is 5.91 Å². The number of benzene rings is 1. The van der Waals surface area contributed by atoms with Crippen LogP contribution in [0.2, 0.25) is 0 Å². The molecule has 2 unspecified atom stereocenters. The number of nitrogens with one attached hydrogen (secondary N) is 2. The van der Waals surface area contributed by atoms with Crippen LogP contribution in [0.5, 0.6) is 0 Å². The topological polar surface area (TPSA) is 41.1 Å². The SMILES string of the molecule is CCC(C)NC(=O)CCNC1CCc2cc(F)ccc21. The molecule has 3 nitrogen and oxygen atoms in total. The van der Waals surface area contributed by atoms with Gasteiger partial charge in [0.05, 0.1) is 0 Å². The highest BCUT2D eigenvalue weighted by molar-refractivity contribution is 5.76. The van der Waals surface area contributed by atoms with E-state index in [1.807, 2.05) is 13.0 Å². The van der Waals surface area contributed by atoms with E-state index in [4.69, 9.17) is 0 Å². The van der Waals surface area contributed by atoms with Gasteiger partial charge in [-0.15, -0.1) is 0 Å². The minimum absolute atomic E-state index is 0.0872. The zero-order chi connectivity index (χ0) is 14.5. The summed E-state index contributed by atoms with van der Waals surface area (Å²) < 4.78 is 13.1. The Balaban J connectivity index is 1.78. The van der Waals surface area contributed by atoms with Crippen LogP contribution in [0, 0.1) is 5.82 Å². The number of amides is 1. The Morgan fingerprint density at radius 3 is 3.05 bits per heavy atom. The second kappa shape index (κ2) is 6.84. The van der Waals surface area contributed by atoms with Crippen LogP contribution in [0.15, 0.2) is 18.2 Å². The van der Waals surface area contributed by atoms with Crippen LogP contribution in [-0.2, 0) is 11.2 Å². The summed E-state index contributed by atoms with van der Waals surface area (Å²) in [5.41, 5.74) is 2.26. The van der Waals surface area contributed by atoms with Gasteiger partial charge in [-0.2, -0.15) is 0 Å².